The largest absolute Gasteiger partial charge is 0.487 e. The molecular formula is C19H26O. The van der Waals surface area contributed by atoms with Crippen molar-refractivity contribution in [3.05, 3.63) is 29.8 Å². The summed E-state index contributed by atoms with van der Waals surface area (Å²) in [6.07, 6.45) is 9.55. The third-order valence-corrected chi connectivity index (χ3v) is 6.71. The zero-order valence-electron chi connectivity index (χ0n) is 12.8. The minimum Gasteiger partial charge on any atom is -0.487 e. The molecular weight excluding hydrogens is 244 g/mol. The van der Waals surface area contributed by atoms with Crippen LogP contribution in [0, 0.1) is 17.3 Å². The first-order valence-electron chi connectivity index (χ1n) is 8.39. The van der Waals surface area contributed by atoms with Crippen molar-refractivity contribution in [2.24, 2.45) is 17.3 Å². The van der Waals surface area contributed by atoms with Crippen LogP contribution in [0.15, 0.2) is 24.3 Å². The molecule has 1 nitrogen and oxygen atoms in total. The van der Waals surface area contributed by atoms with Crippen LogP contribution in [0.3, 0.4) is 0 Å². The fourth-order valence-electron chi connectivity index (χ4n) is 5.51. The molecule has 1 heteroatoms. The number of rotatable bonds is 0. The van der Waals surface area contributed by atoms with Crippen LogP contribution >= 0.6 is 0 Å². The van der Waals surface area contributed by atoms with Crippen LogP contribution in [0.5, 0.6) is 5.75 Å². The number of fused-ring (bicyclic) bond motifs is 4. The van der Waals surface area contributed by atoms with E-state index in [1.54, 1.807) is 0 Å². The molecule has 0 bridgehead atoms. The fourth-order valence-corrected chi connectivity index (χ4v) is 5.51. The van der Waals surface area contributed by atoms with Crippen LogP contribution < -0.4 is 4.74 Å². The smallest absolute Gasteiger partial charge is 0.123 e. The molecule has 0 unspecified atom stereocenters. The molecule has 0 radical (unpaired) electrons. The van der Waals surface area contributed by atoms with Gasteiger partial charge >= 0.3 is 0 Å². The lowest BCUT2D eigenvalue weighted by molar-refractivity contribution is -0.131. The SMILES string of the molecule is C[C@]12CCCC[C@@H]1CC[C@@]1(C)Oc3ccccc3C[C@H]21. The number of hydrogen-bond donors (Lipinski definition) is 0. The van der Waals surface area contributed by atoms with Crippen LogP contribution in [-0.2, 0) is 6.42 Å². The Balaban J connectivity index is 1.76. The summed E-state index contributed by atoms with van der Waals surface area (Å²) < 4.78 is 6.54. The zero-order valence-corrected chi connectivity index (χ0v) is 12.8. The highest BCUT2D eigenvalue weighted by atomic mass is 16.5. The lowest BCUT2D eigenvalue weighted by Gasteiger charge is -2.59. The predicted molar refractivity (Wildman–Crippen MR) is 82.0 cm³/mol. The molecule has 0 amide bonds. The number of ether oxygens (including phenoxy) is 1. The highest BCUT2D eigenvalue weighted by molar-refractivity contribution is 5.37. The molecule has 1 aromatic carbocycles. The average molecular weight is 270 g/mol. The third-order valence-electron chi connectivity index (χ3n) is 6.71. The van der Waals surface area contributed by atoms with Gasteiger partial charge in [0.1, 0.15) is 11.4 Å². The van der Waals surface area contributed by atoms with Gasteiger partial charge in [-0.3, -0.25) is 0 Å². The molecule has 0 aromatic heterocycles. The van der Waals surface area contributed by atoms with E-state index in [1.807, 2.05) is 0 Å². The van der Waals surface area contributed by atoms with E-state index in [9.17, 15) is 0 Å². The number of para-hydroxylation sites is 1. The molecule has 0 N–H and O–H groups in total. The summed E-state index contributed by atoms with van der Waals surface area (Å²) >= 11 is 0. The highest BCUT2D eigenvalue weighted by Gasteiger charge is 2.56. The summed E-state index contributed by atoms with van der Waals surface area (Å²) in [5, 5.41) is 0. The Labute approximate surface area is 122 Å². The summed E-state index contributed by atoms with van der Waals surface area (Å²) in [6, 6.07) is 8.70. The molecule has 0 spiro atoms. The summed E-state index contributed by atoms with van der Waals surface area (Å²) in [6.45, 7) is 4.94. The van der Waals surface area contributed by atoms with E-state index in [1.165, 1.54) is 50.5 Å². The van der Waals surface area contributed by atoms with Crippen molar-refractivity contribution in [2.75, 3.05) is 0 Å². The molecule has 2 fully saturated rings. The number of benzene rings is 1. The second kappa shape index (κ2) is 4.26. The monoisotopic (exact) mass is 270 g/mol. The van der Waals surface area contributed by atoms with E-state index >= 15 is 0 Å². The van der Waals surface area contributed by atoms with Crippen LogP contribution in [0.2, 0.25) is 0 Å². The van der Waals surface area contributed by atoms with Gasteiger partial charge in [0, 0.05) is 5.92 Å². The molecule has 1 heterocycles. The lowest BCUT2D eigenvalue weighted by atomic mass is 9.50. The van der Waals surface area contributed by atoms with Crippen LogP contribution in [0.25, 0.3) is 0 Å². The van der Waals surface area contributed by atoms with E-state index in [4.69, 9.17) is 4.74 Å². The summed E-state index contributed by atoms with van der Waals surface area (Å²) in [5.74, 6) is 2.77. The first-order valence-corrected chi connectivity index (χ1v) is 8.39. The van der Waals surface area contributed by atoms with Gasteiger partial charge in [0.15, 0.2) is 0 Å². The maximum absolute atomic E-state index is 6.54. The van der Waals surface area contributed by atoms with Gasteiger partial charge < -0.3 is 4.74 Å². The van der Waals surface area contributed by atoms with Gasteiger partial charge in [0.2, 0.25) is 0 Å². The molecule has 3 aliphatic rings. The summed E-state index contributed by atoms with van der Waals surface area (Å²) in [4.78, 5) is 0. The van der Waals surface area contributed by atoms with Gasteiger partial charge in [-0.15, -0.1) is 0 Å². The third kappa shape index (κ3) is 1.68. The zero-order chi connectivity index (χ0) is 13.8. The molecule has 4 rings (SSSR count). The Kier molecular flexibility index (Phi) is 2.71. The molecule has 2 saturated carbocycles. The van der Waals surface area contributed by atoms with Crippen molar-refractivity contribution in [1.82, 2.24) is 0 Å². The quantitative estimate of drug-likeness (QED) is 0.645. The minimum absolute atomic E-state index is 0.0664. The normalized spacial score (nSPS) is 42.9. The maximum Gasteiger partial charge on any atom is 0.123 e. The standard InChI is InChI=1S/C19H26O/c1-18-11-6-5-8-15(18)10-12-19(2)17(18)13-14-7-3-4-9-16(14)20-19/h3-4,7,9,15,17H,5-6,8,10-13H2,1-2H3/t15-,17-,18+,19-/m1/s1. The molecule has 20 heavy (non-hydrogen) atoms. The topological polar surface area (TPSA) is 9.23 Å². The first-order chi connectivity index (χ1) is 9.62. The second-order valence-electron chi connectivity index (χ2n) is 7.77. The number of hydrogen-bond acceptors (Lipinski definition) is 1. The first kappa shape index (κ1) is 12.7. The highest BCUT2D eigenvalue weighted by Crippen LogP contribution is 2.60. The van der Waals surface area contributed by atoms with Crippen molar-refractivity contribution >= 4 is 0 Å². The minimum atomic E-state index is 0.0664. The van der Waals surface area contributed by atoms with Crippen molar-refractivity contribution < 1.29 is 4.74 Å². The Hall–Kier alpha value is -0.980. The fraction of sp³-hybridized carbons (Fsp3) is 0.684. The van der Waals surface area contributed by atoms with Crippen molar-refractivity contribution in [3.8, 4) is 5.75 Å². The Morgan fingerprint density at radius 2 is 1.90 bits per heavy atom. The Morgan fingerprint density at radius 3 is 2.80 bits per heavy atom. The lowest BCUT2D eigenvalue weighted by Crippen LogP contribution is -2.58. The maximum atomic E-state index is 6.54. The molecule has 108 valence electrons. The van der Waals surface area contributed by atoms with E-state index in [0.717, 1.165) is 11.7 Å². The van der Waals surface area contributed by atoms with Gasteiger partial charge in [-0.05, 0) is 62.0 Å². The molecule has 4 atom stereocenters. The van der Waals surface area contributed by atoms with Crippen LogP contribution in [-0.4, -0.2) is 5.60 Å². The second-order valence-corrected chi connectivity index (χ2v) is 7.77. The van der Waals surface area contributed by atoms with Gasteiger partial charge in [-0.2, -0.15) is 0 Å². The van der Waals surface area contributed by atoms with Crippen molar-refractivity contribution in [3.63, 3.8) is 0 Å². The predicted octanol–water partition coefficient (Wildman–Crippen LogP) is 4.99. The van der Waals surface area contributed by atoms with E-state index in [-0.39, 0.29) is 5.60 Å². The molecule has 0 saturated heterocycles. The van der Waals surface area contributed by atoms with Crippen molar-refractivity contribution in [2.45, 2.75) is 64.4 Å². The summed E-state index contributed by atoms with van der Waals surface area (Å²) in [7, 11) is 0. The molecule has 1 aliphatic heterocycles. The average Bonchev–Trinajstić information content (AvgIpc) is 2.45. The Bertz CT molecular complexity index is 522. The van der Waals surface area contributed by atoms with E-state index in [0.29, 0.717) is 11.3 Å². The van der Waals surface area contributed by atoms with Crippen molar-refractivity contribution in [1.29, 1.82) is 0 Å². The summed E-state index contributed by atoms with van der Waals surface area (Å²) in [5.41, 5.74) is 2.00. The van der Waals surface area contributed by atoms with Crippen LogP contribution in [0.1, 0.15) is 57.9 Å². The molecule has 1 aromatic rings. The van der Waals surface area contributed by atoms with Crippen LogP contribution in [0.4, 0.5) is 0 Å². The van der Waals surface area contributed by atoms with Gasteiger partial charge in [0.25, 0.3) is 0 Å². The van der Waals surface area contributed by atoms with Gasteiger partial charge in [-0.1, -0.05) is 38.0 Å². The molecule has 2 aliphatic carbocycles. The van der Waals surface area contributed by atoms with Gasteiger partial charge in [0.05, 0.1) is 0 Å². The van der Waals surface area contributed by atoms with Gasteiger partial charge in [-0.25, -0.2) is 0 Å². The van der Waals surface area contributed by atoms with E-state index in [2.05, 4.69) is 38.1 Å². The Morgan fingerprint density at radius 1 is 1.05 bits per heavy atom. The van der Waals surface area contributed by atoms with E-state index < -0.39 is 0 Å².